The minimum Gasteiger partial charge on any atom is -0.494 e. The van der Waals surface area contributed by atoms with E-state index in [1.54, 1.807) is 24.3 Å². The van der Waals surface area contributed by atoms with Crippen LogP contribution in [0.2, 0.25) is 5.02 Å². The predicted molar refractivity (Wildman–Crippen MR) is 102 cm³/mol. The van der Waals surface area contributed by atoms with E-state index in [1.165, 1.54) is 38.4 Å². The molecule has 0 bridgehead atoms. The lowest BCUT2D eigenvalue weighted by Crippen LogP contribution is -2.40. The maximum Gasteiger partial charge on any atom is 0.333 e. The summed E-state index contributed by atoms with van der Waals surface area (Å²) in [7, 11) is 2.64. The van der Waals surface area contributed by atoms with Crippen LogP contribution in [0.15, 0.2) is 63.1 Å². The van der Waals surface area contributed by atoms with E-state index in [4.69, 9.17) is 11.6 Å². The first-order chi connectivity index (χ1) is 12.8. The fourth-order valence-electron chi connectivity index (χ4n) is 2.59. The molecule has 0 spiro atoms. The smallest absolute Gasteiger partial charge is 0.333 e. The Labute approximate surface area is 158 Å². The average Bonchev–Trinajstić information content (AvgIpc) is 2.66. The van der Waals surface area contributed by atoms with Gasteiger partial charge in [-0.05, 0) is 30.3 Å². The van der Waals surface area contributed by atoms with Crippen molar-refractivity contribution in [3.8, 4) is 5.88 Å². The molecule has 1 aromatic heterocycles. The van der Waals surface area contributed by atoms with Crippen molar-refractivity contribution in [1.82, 2.24) is 9.13 Å². The third-order valence-corrected chi connectivity index (χ3v) is 4.40. The molecule has 138 valence electrons. The van der Waals surface area contributed by atoms with Gasteiger partial charge in [-0.2, -0.15) is 0 Å². The van der Waals surface area contributed by atoms with Gasteiger partial charge < -0.3 is 5.11 Å². The van der Waals surface area contributed by atoms with Crippen molar-refractivity contribution < 1.29 is 9.50 Å². The first-order valence-electron chi connectivity index (χ1n) is 7.89. The van der Waals surface area contributed by atoms with Crippen LogP contribution in [0.25, 0.3) is 0 Å². The monoisotopic (exact) mass is 387 g/mol. The number of rotatable bonds is 3. The zero-order chi connectivity index (χ0) is 19.7. The van der Waals surface area contributed by atoms with E-state index in [2.05, 4.69) is 4.99 Å². The quantitative estimate of drug-likeness (QED) is 0.702. The van der Waals surface area contributed by atoms with Gasteiger partial charge in [0.25, 0.3) is 5.56 Å². The maximum absolute atomic E-state index is 13.2. The number of hydrogen-bond acceptors (Lipinski definition) is 4. The Morgan fingerprint density at radius 3 is 2.30 bits per heavy atom. The van der Waals surface area contributed by atoms with Crippen LogP contribution in [0.1, 0.15) is 11.1 Å². The van der Waals surface area contributed by atoms with Crippen LogP contribution in [-0.2, 0) is 14.1 Å². The van der Waals surface area contributed by atoms with Crippen molar-refractivity contribution in [2.45, 2.75) is 0 Å². The summed E-state index contributed by atoms with van der Waals surface area (Å²) in [5.41, 5.74) is -0.785. The van der Waals surface area contributed by atoms with Gasteiger partial charge in [0, 0.05) is 24.7 Å². The highest BCUT2D eigenvalue weighted by atomic mass is 35.5. The molecule has 8 heteroatoms. The molecule has 0 amide bonds. The molecule has 1 heterocycles. The molecule has 0 radical (unpaired) electrons. The van der Waals surface area contributed by atoms with Crippen LogP contribution in [0.3, 0.4) is 0 Å². The lowest BCUT2D eigenvalue weighted by molar-refractivity contribution is 0.410. The molecule has 0 fully saturated rings. The molecule has 0 aliphatic carbocycles. The van der Waals surface area contributed by atoms with E-state index in [-0.39, 0.29) is 11.3 Å². The molecular weight excluding hydrogens is 373 g/mol. The highest BCUT2D eigenvalue weighted by Gasteiger charge is 2.23. The normalized spacial score (nSPS) is 11.6. The molecular formula is C19H15ClFN3O3. The summed E-state index contributed by atoms with van der Waals surface area (Å²) in [5.74, 6) is -0.974. The first-order valence-corrected chi connectivity index (χ1v) is 8.27. The molecule has 3 rings (SSSR count). The van der Waals surface area contributed by atoms with Crippen molar-refractivity contribution in [3.05, 3.63) is 91.3 Å². The molecule has 0 saturated carbocycles. The highest BCUT2D eigenvalue weighted by molar-refractivity contribution is 6.35. The minimum atomic E-state index is -0.726. The molecule has 0 unspecified atom stereocenters. The molecule has 2 aromatic carbocycles. The fourth-order valence-corrected chi connectivity index (χ4v) is 2.81. The largest absolute Gasteiger partial charge is 0.494 e. The molecule has 0 aliphatic heterocycles. The number of nitrogens with zero attached hydrogens (tertiary/aromatic N) is 3. The van der Waals surface area contributed by atoms with Gasteiger partial charge in [0.2, 0.25) is 5.88 Å². The van der Waals surface area contributed by atoms with Crippen LogP contribution >= 0.6 is 11.6 Å². The zero-order valence-electron chi connectivity index (χ0n) is 14.5. The molecule has 0 saturated heterocycles. The summed E-state index contributed by atoms with van der Waals surface area (Å²) in [6.45, 7) is 0. The van der Waals surface area contributed by atoms with Crippen LogP contribution in [-0.4, -0.2) is 20.0 Å². The predicted octanol–water partition coefficient (Wildman–Crippen LogP) is 2.75. The zero-order valence-corrected chi connectivity index (χ0v) is 15.2. The van der Waals surface area contributed by atoms with E-state index in [9.17, 15) is 19.1 Å². The summed E-state index contributed by atoms with van der Waals surface area (Å²) in [5, 5.41) is 10.8. The maximum atomic E-state index is 13.2. The Morgan fingerprint density at radius 2 is 1.67 bits per heavy atom. The van der Waals surface area contributed by atoms with Crippen molar-refractivity contribution >= 4 is 23.0 Å². The SMILES string of the molecule is Cn1c(O)c(C(=Nc2ccc(F)cc2)c2ccccc2Cl)c(=O)n(C)c1=O. The summed E-state index contributed by atoms with van der Waals surface area (Å²) in [6, 6.07) is 12.0. The van der Waals surface area contributed by atoms with Gasteiger partial charge in [0.1, 0.15) is 11.4 Å². The van der Waals surface area contributed by atoms with Crippen molar-refractivity contribution in [1.29, 1.82) is 0 Å². The molecule has 0 aliphatic rings. The molecule has 27 heavy (non-hydrogen) atoms. The summed E-state index contributed by atoms with van der Waals surface area (Å²) >= 11 is 6.28. The Kier molecular flexibility index (Phi) is 4.96. The minimum absolute atomic E-state index is 0.0703. The van der Waals surface area contributed by atoms with Gasteiger partial charge in [-0.15, -0.1) is 0 Å². The first kappa shape index (κ1) is 18.6. The van der Waals surface area contributed by atoms with Gasteiger partial charge in [0.15, 0.2) is 0 Å². The second kappa shape index (κ2) is 7.20. The molecule has 6 nitrogen and oxygen atoms in total. The molecule has 0 atom stereocenters. The van der Waals surface area contributed by atoms with Gasteiger partial charge in [0.05, 0.1) is 11.4 Å². The van der Waals surface area contributed by atoms with E-state index in [0.717, 1.165) is 9.13 Å². The van der Waals surface area contributed by atoms with Crippen molar-refractivity contribution in [2.75, 3.05) is 0 Å². The van der Waals surface area contributed by atoms with Gasteiger partial charge in [-0.3, -0.25) is 13.9 Å². The van der Waals surface area contributed by atoms with Gasteiger partial charge in [-0.25, -0.2) is 14.2 Å². The van der Waals surface area contributed by atoms with Crippen LogP contribution < -0.4 is 11.2 Å². The van der Waals surface area contributed by atoms with E-state index in [0.29, 0.717) is 16.3 Å². The lowest BCUT2D eigenvalue weighted by Gasteiger charge is -2.14. The Hall–Kier alpha value is -3.19. The summed E-state index contributed by atoms with van der Waals surface area (Å²) in [4.78, 5) is 29.2. The Balaban J connectivity index is 2.40. The number of halogens is 2. The standard InChI is InChI=1S/C19H15ClFN3O3/c1-23-17(25)15(18(26)24(2)19(23)27)16(13-5-3-4-6-14(13)20)22-12-9-7-11(21)8-10-12/h3-10,25H,1-2H3. The van der Waals surface area contributed by atoms with E-state index in [1.807, 2.05) is 0 Å². The van der Waals surface area contributed by atoms with Crippen molar-refractivity contribution in [2.24, 2.45) is 19.1 Å². The van der Waals surface area contributed by atoms with Crippen LogP contribution in [0.5, 0.6) is 5.88 Å². The molecule has 3 aromatic rings. The highest BCUT2D eigenvalue weighted by Crippen LogP contribution is 2.25. The van der Waals surface area contributed by atoms with Gasteiger partial charge in [-0.1, -0.05) is 29.8 Å². The van der Waals surface area contributed by atoms with E-state index >= 15 is 0 Å². The molecule has 1 N–H and O–H groups in total. The number of aromatic hydroxyl groups is 1. The second-order valence-electron chi connectivity index (χ2n) is 5.82. The van der Waals surface area contributed by atoms with Crippen LogP contribution in [0.4, 0.5) is 10.1 Å². The summed E-state index contributed by atoms with van der Waals surface area (Å²) in [6.07, 6.45) is 0. The summed E-state index contributed by atoms with van der Waals surface area (Å²) < 4.78 is 15.0. The average molecular weight is 388 g/mol. The number of hydrogen-bond donors (Lipinski definition) is 1. The van der Waals surface area contributed by atoms with E-state index < -0.39 is 22.9 Å². The Morgan fingerprint density at radius 1 is 1.04 bits per heavy atom. The second-order valence-corrected chi connectivity index (χ2v) is 6.23. The number of benzene rings is 2. The number of aliphatic imine (C=N–C) groups is 1. The number of aromatic nitrogens is 2. The van der Waals surface area contributed by atoms with Crippen LogP contribution in [0, 0.1) is 5.82 Å². The fraction of sp³-hybridized carbons (Fsp3) is 0.105. The Bertz CT molecular complexity index is 1160. The third-order valence-electron chi connectivity index (χ3n) is 4.07. The van der Waals surface area contributed by atoms with Crippen molar-refractivity contribution in [3.63, 3.8) is 0 Å². The third kappa shape index (κ3) is 3.41. The topological polar surface area (TPSA) is 76.6 Å². The van der Waals surface area contributed by atoms with Gasteiger partial charge >= 0.3 is 5.69 Å². The lowest BCUT2D eigenvalue weighted by atomic mass is 10.0.